The topological polar surface area (TPSA) is 85.9 Å². The average molecular weight is 453 g/mol. The Balaban J connectivity index is 1.53. The number of hydrogen-bond acceptors (Lipinski definition) is 6. The van der Waals surface area contributed by atoms with Gasteiger partial charge >= 0.3 is 0 Å². The Morgan fingerprint density at radius 1 is 0.781 bits per heavy atom. The van der Waals surface area contributed by atoms with E-state index in [1.54, 1.807) is 75.9 Å². The number of carbonyl (C=O) groups excluding carboxylic acids is 2. The van der Waals surface area contributed by atoms with Crippen LogP contribution in [0.4, 0.5) is 11.4 Å². The summed E-state index contributed by atoms with van der Waals surface area (Å²) in [5.74, 6) is 1.72. The van der Waals surface area contributed by atoms with Gasteiger partial charge in [0.05, 0.1) is 32.8 Å². The quantitative estimate of drug-likeness (QED) is 0.458. The summed E-state index contributed by atoms with van der Waals surface area (Å²) in [6, 6.07) is 19.4. The second kappa shape index (κ2) is 11.1. The molecule has 0 bridgehead atoms. The van der Waals surface area contributed by atoms with E-state index in [1.165, 1.54) is 11.8 Å². The molecule has 0 aliphatic carbocycles. The predicted octanol–water partition coefficient (Wildman–Crippen LogP) is 4.70. The summed E-state index contributed by atoms with van der Waals surface area (Å²) in [5, 5.41) is 5.69. The van der Waals surface area contributed by atoms with Crippen molar-refractivity contribution in [1.29, 1.82) is 0 Å². The summed E-state index contributed by atoms with van der Waals surface area (Å²) in [4.78, 5) is 25.6. The van der Waals surface area contributed by atoms with Crippen molar-refractivity contribution in [2.24, 2.45) is 0 Å². The summed E-state index contributed by atoms with van der Waals surface area (Å²) < 4.78 is 15.6. The average Bonchev–Trinajstić information content (AvgIpc) is 2.83. The number of amides is 2. The van der Waals surface area contributed by atoms with E-state index in [2.05, 4.69) is 10.6 Å². The van der Waals surface area contributed by atoms with Crippen LogP contribution in [0.15, 0.2) is 71.6 Å². The molecule has 0 atom stereocenters. The molecule has 2 amide bonds. The molecular weight excluding hydrogens is 428 g/mol. The van der Waals surface area contributed by atoms with Gasteiger partial charge in [0.1, 0.15) is 17.2 Å². The van der Waals surface area contributed by atoms with Crippen molar-refractivity contribution in [3.63, 3.8) is 0 Å². The number of rotatable bonds is 9. The molecule has 8 heteroatoms. The number of thioether (sulfide) groups is 1. The van der Waals surface area contributed by atoms with E-state index in [9.17, 15) is 9.59 Å². The van der Waals surface area contributed by atoms with E-state index < -0.39 is 0 Å². The number of benzene rings is 3. The van der Waals surface area contributed by atoms with Gasteiger partial charge < -0.3 is 24.8 Å². The molecule has 0 heterocycles. The molecule has 3 rings (SSSR count). The Morgan fingerprint density at radius 2 is 1.44 bits per heavy atom. The summed E-state index contributed by atoms with van der Waals surface area (Å²) in [7, 11) is 4.68. The van der Waals surface area contributed by atoms with Crippen molar-refractivity contribution < 1.29 is 23.8 Å². The summed E-state index contributed by atoms with van der Waals surface area (Å²) in [6.45, 7) is 0. The van der Waals surface area contributed by atoms with Crippen molar-refractivity contribution in [3.8, 4) is 17.2 Å². The molecule has 32 heavy (non-hydrogen) atoms. The number of hydrogen-bond donors (Lipinski definition) is 2. The van der Waals surface area contributed by atoms with E-state index >= 15 is 0 Å². The lowest BCUT2D eigenvalue weighted by Crippen LogP contribution is -2.14. The standard InChI is InChI=1S/C24H24N2O5S/c1-29-18-8-4-16(5-9-18)24(28)25-17-6-11-20(12-7-17)32-15-23(27)26-21-14-19(30-2)10-13-22(21)31-3/h4-14H,15H2,1-3H3,(H,25,28)(H,26,27). The predicted molar refractivity (Wildman–Crippen MR) is 126 cm³/mol. The van der Waals surface area contributed by atoms with Crippen LogP contribution in [-0.4, -0.2) is 38.9 Å². The van der Waals surface area contributed by atoms with Gasteiger partial charge in [-0.2, -0.15) is 0 Å². The SMILES string of the molecule is COc1ccc(C(=O)Nc2ccc(SCC(=O)Nc3cc(OC)ccc3OC)cc2)cc1. The number of carbonyl (C=O) groups is 2. The monoisotopic (exact) mass is 452 g/mol. The van der Waals surface area contributed by atoms with Crippen LogP contribution in [0, 0.1) is 0 Å². The molecule has 0 saturated carbocycles. The van der Waals surface area contributed by atoms with Crippen LogP contribution >= 0.6 is 11.8 Å². The molecule has 0 aromatic heterocycles. The first-order valence-corrected chi connectivity index (χ1v) is 10.7. The maximum atomic E-state index is 12.4. The van der Waals surface area contributed by atoms with E-state index in [0.717, 1.165) is 4.90 Å². The van der Waals surface area contributed by atoms with E-state index in [0.29, 0.717) is 34.2 Å². The van der Waals surface area contributed by atoms with E-state index in [-0.39, 0.29) is 17.6 Å². The fourth-order valence-electron chi connectivity index (χ4n) is 2.83. The van der Waals surface area contributed by atoms with Crippen molar-refractivity contribution in [3.05, 3.63) is 72.3 Å². The zero-order chi connectivity index (χ0) is 22.9. The molecule has 0 radical (unpaired) electrons. The third-order valence-corrected chi connectivity index (χ3v) is 5.53. The summed E-state index contributed by atoms with van der Waals surface area (Å²) in [6.07, 6.45) is 0. The van der Waals surface area contributed by atoms with Crippen LogP contribution in [0.2, 0.25) is 0 Å². The van der Waals surface area contributed by atoms with E-state index in [4.69, 9.17) is 14.2 Å². The molecular formula is C24H24N2O5S. The molecule has 0 spiro atoms. The Kier molecular flexibility index (Phi) is 7.99. The van der Waals surface area contributed by atoms with Crippen molar-refractivity contribution >= 4 is 35.0 Å². The van der Waals surface area contributed by atoms with Gasteiger partial charge in [-0.15, -0.1) is 11.8 Å². The molecule has 7 nitrogen and oxygen atoms in total. The van der Waals surface area contributed by atoms with Crippen LogP contribution in [0.25, 0.3) is 0 Å². The van der Waals surface area contributed by atoms with Gasteiger partial charge in [-0.05, 0) is 60.7 Å². The van der Waals surface area contributed by atoms with Gasteiger partial charge in [0.2, 0.25) is 5.91 Å². The fourth-order valence-corrected chi connectivity index (χ4v) is 3.53. The van der Waals surface area contributed by atoms with Gasteiger partial charge in [0.25, 0.3) is 5.91 Å². The lowest BCUT2D eigenvalue weighted by atomic mass is 10.2. The van der Waals surface area contributed by atoms with Crippen LogP contribution in [0.1, 0.15) is 10.4 Å². The third-order valence-electron chi connectivity index (χ3n) is 4.52. The zero-order valence-electron chi connectivity index (χ0n) is 18.0. The normalized spacial score (nSPS) is 10.2. The maximum Gasteiger partial charge on any atom is 0.255 e. The first-order chi connectivity index (χ1) is 15.5. The first-order valence-electron chi connectivity index (χ1n) is 9.72. The van der Waals surface area contributed by atoms with Gasteiger partial charge in [0, 0.05) is 22.2 Å². The number of anilines is 2. The second-order valence-electron chi connectivity index (χ2n) is 6.61. The minimum atomic E-state index is -0.209. The number of ether oxygens (including phenoxy) is 3. The Morgan fingerprint density at radius 3 is 2.06 bits per heavy atom. The van der Waals surface area contributed by atoms with Gasteiger partial charge in [0.15, 0.2) is 0 Å². The van der Waals surface area contributed by atoms with Crippen molar-refractivity contribution in [2.45, 2.75) is 4.90 Å². The highest BCUT2D eigenvalue weighted by Gasteiger charge is 2.10. The van der Waals surface area contributed by atoms with Gasteiger partial charge in [-0.25, -0.2) is 0 Å². The van der Waals surface area contributed by atoms with Gasteiger partial charge in [-0.1, -0.05) is 0 Å². The number of nitrogens with one attached hydrogen (secondary N) is 2. The Bertz CT molecular complexity index is 1070. The third kappa shape index (κ3) is 6.18. The number of methoxy groups -OCH3 is 3. The summed E-state index contributed by atoms with van der Waals surface area (Å²) in [5.41, 5.74) is 1.75. The van der Waals surface area contributed by atoms with Crippen LogP contribution in [-0.2, 0) is 4.79 Å². The highest BCUT2D eigenvalue weighted by molar-refractivity contribution is 8.00. The van der Waals surface area contributed by atoms with Crippen molar-refractivity contribution in [2.75, 3.05) is 37.7 Å². The van der Waals surface area contributed by atoms with Crippen LogP contribution < -0.4 is 24.8 Å². The second-order valence-corrected chi connectivity index (χ2v) is 7.66. The fraction of sp³-hybridized carbons (Fsp3) is 0.167. The highest BCUT2D eigenvalue weighted by Crippen LogP contribution is 2.29. The molecule has 0 aliphatic rings. The minimum absolute atomic E-state index is 0.168. The summed E-state index contributed by atoms with van der Waals surface area (Å²) >= 11 is 1.39. The first kappa shape index (κ1) is 23.0. The zero-order valence-corrected chi connectivity index (χ0v) is 18.8. The van der Waals surface area contributed by atoms with Crippen molar-refractivity contribution in [1.82, 2.24) is 0 Å². The molecule has 3 aromatic rings. The molecule has 2 N–H and O–H groups in total. The van der Waals surface area contributed by atoms with Crippen LogP contribution in [0.5, 0.6) is 17.2 Å². The van der Waals surface area contributed by atoms with Crippen LogP contribution in [0.3, 0.4) is 0 Å². The Hall–Kier alpha value is -3.65. The molecule has 0 fully saturated rings. The minimum Gasteiger partial charge on any atom is -0.497 e. The highest BCUT2D eigenvalue weighted by atomic mass is 32.2. The lowest BCUT2D eigenvalue weighted by molar-refractivity contribution is -0.113. The smallest absolute Gasteiger partial charge is 0.255 e. The maximum absolute atomic E-state index is 12.4. The molecule has 3 aromatic carbocycles. The van der Waals surface area contributed by atoms with Gasteiger partial charge in [-0.3, -0.25) is 9.59 Å². The van der Waals surface area contributed by atoms with E-state index in [1.807, 2.05) is 12.1 Å². The molecule has 0 aliphatic heterocycles. The lowest BCUT2D eigenvalue weighted by Gasteiger charge is -2.12. The Labute approximate surface area is 191 Å². The molecule has 166 valence electrons. The molecule has 0 unspecified atom stereocenters. The largest absolute Gasteiger partial charge is 0.497 e. The molecule has 0 saturated heterocycles.